The second-order valence-corrected chi connectivity index (χ2v) is 7.51. The van der Waals surface area contributed by atoms with Crippen molar-refractivity contribution in [2.24, 2.45) is 0 Å². The van der Waals surface area contributed by atoms with Crippen molar-refractivity contribution in [1.82, 2.24) is 4.57 Å². The summed E-state index contributed by atoms with van der Waals surface area (Å²) in [6.45, 7) is 3.00. The molecule has 0 N–H and O–H groups in total. The van der Waals surface area contributed by atoms with Crippen LogP contribution in [0.4, 0.5) is 5.69 Å². The molecule has 3 rings (SSSR count). The Balaban J connectivity index is 1.51. The summed E-state index contributed by atoms with van der Waals surface area (Å²) >= 11 is 3.29. The van der Waals surface area contributed by atoms with Crippen molar-refractivity contribution >= 4 is 33.4 Å². The van der Waals surface area contributed by atoms with Gasteiger partial charge in [-0.2, -0.15) is 0 Å². The number of carbonyl (C=O) groups is 2. The first-order valence-electron chi connectivity index (χ1n) is 8.84. The van der Waals surface area contributed by atoms with Crippen LogP contribution in [0.1, 0.15) is 30.1 Å². The average Bonchev–Trinajstić information content (AvgIpc) is 2.65. The molecule has 0 radical (unpaired) electrons. The molecule has 0 spiro atoms. The number of pyridine rings is 1. The first-order valence-corrected chi connectivity index (χ1v) is 9.63. The number of aromatic nitrogens is 1. The van der Waals surface area contributed by atoms with E-state index in [4.69, 9.17) is 4.74 Å². The van der Waals surface area contributed by atoms with Gasteiger partial charge < -0.3 is 14.2 Å². The summed E-state index contributed by atoms with van der Waals surface area (Å²) in [5.41, 5.74) is 1.52. The number of anilines is 1. The quantitative estimate of drug-likeness (QED) is 0.536. The van der Waals surface area contributed by atoms with Crippen molar-refractivity contribution < 1.29 is 14.3 Å². The molecule has 2 heterocycles. The number of piperidine rings is 1. The van der Waals surface area contributed by atoms with Gasteiger partial charge in [0.05, 0.1) is 0 Å². The number of hydrogen-bond acceptors (Lipinski definition) is 5. The highest BCUT2D eigenvalue weighted by atomic mass is 79.9. The highest BCUT2D eigenvalue weighted by molar-refractivity contribution is 9.10. The van der Waals surface area contributed by atoms with Gasteiger partial charge in [-0.1, -0.05) is 0 Å². The van der Waals surface area contributed by atoms with Crippen LogP contribution in [0, 0.1) is 0 Å². The zero-order valence-corrected chi connectivity index (χ0v) is 16.6. The summed E-state index contributed by atoms with van der Waals surface area (Å²) in [5, 5.41) is 0. The summed E-state index contributed by atoms with van der Waals surface area (Å²) < 4.78 is 7.61. The Hall–Kier alpha value is -2.41. The third-order valence-electron chi connectivity index (χ3n) is 4.63. The molecule has 1 saturated heterocycles. The van der Waals surface area contributed by atoms with E-state index >= 15 is 0 Å². The van der Waals surface area contributed by atoms with Crippen LogP contribution < -0.4 is 10.5 Å². The molecule has 0 unspecified atom stereocenters. The Morgan fingerprint density at radius 2 is 1.78 bits per heavy atom. The summed E-state index contributed by atoms with van der Waals surface area (Å²) in [4.78, 5) is 37.5. The number of esters is 1. The van der Waals surface area contributed by atoms with E-state index in [0.717, 1.165) is 36.1 Å². The predicted octanol–water partition coefficient (Wildman–Crippen LogP) is 3.03. The lowest BCUT2D eigenvalue weighted by Crippen LogP contribution is -2.38. The molecule has 1 aliphatic heterocycles. The van der Waals surface area contributed by atoms with Gasteiger partial charge in [0, 0.05) is 53.9 Å². The minimum absolute atomic E-state index is 0.0525. The Labute approximate surface area is 165 Å². The van der Waals surface area contributed by atoms with E-state index in [0.29, 0.717) is 5.56 Å². The number of hydrogen-bond donors (Lipinski definition) is 0. The van der Waals surface area contributed by atoms with E-state index in [-0.39, 0.29) is 24.0 Å². The van der Waals surface area contributed by atoms with Crippen molar-refractivity contribution in [3.8, 4) is 0 Å². The van der Waals surface area contributed by atoms with E-state index in [2.05, 4.69) is 20.8 Å². The zero-order valence-electron chi connectivity index (χ0n) is 15.1. The molecule has 0 bridgehead atoms. The molecule has 0 aliphatic carbocycles. The van der Waals surface area contributed by atoms with Crippen LogP contribution in [0.2, 0.25) is 0 Å². The van der Waals surface area contributed by atoms with E-state index in [1.807, 2.05) is 24.3 Å². The monoisotopic (exact) mass is 432 g/mol. The number of ether oxygens (including phenoxy) is 1. The van der Waals surface area contributed by atoms with Crippen LogP contribution in [0.3, 0.4) is 0 Å². The molecule has 1 fully saturated rings. The molecular formula is C20H21BrN2O4. The number of nitrogens with zero attached hydrogens (tertiary/aromatic N) is 2. The van der Waals surface area contributed by atoms with Crippen LogP contribution in [-0.2, 0) is 16.1 Å². The Morgan fingerprint density at radius 3 is 2.41 bits per heavy atom. The maximum Gasteiger partial charge on any atom is 0.326 e. The van der Waals surface area contributed by atoms with Crippen molar-refractivity contribution in [1.29, 1.82) is 0 Å². The fourth-order valence-corrected chi connectivity index (χ4v) is 3.51. The van der Waals surface area contributed by atoms with Gasteiger partial charge in [-0.05, 0) is 53.2 Å². The summed E-state index contributed by atoms with van der Waals surface area (Å²) in [6.07, 6.45) is 2.89. The molecule has 1 aliphatic rings. The van der Waals surface area contributed by atoms with Gasteiger partial charge in [0.1, 0.15) is 12.6 Å². The number of benzene rings is 1. The highest BCUT2D eigenvalue weighted by Crippen LogP contribution is 2.22. The molecule has 7 heteroatoms. The zero-order chi connectivity index (χ0) is 19.4. The third kappa shape index (κ3) is 5.07. The predicted molar refractivity (Wildman–Crippen MR) is 106 cm³/mol. The van der Waals surface area contributed by atoms with Gasteiger partial charge in [0.15, 0.2) is 5.78 Å². The van der Waals surface area contributed by atoms with Gasteiger partial charge in [-0.15, -0.1) is 0 Å². The van der Waals surface area contributed by atoms with Crippen molar-refractivity contribution in [2.45, 2.75) is 32.4 Å². The SMILES string of the molecule is CC(=O)c1ccc(N2CCC(OC(=O)Cn3cc(Br)ccc3=O)CC2)cc1. The van der Waals surface area contributed by atoms with Crippen molar-refractivity contribution in [3.63, 3.8) is 0 Å². The minimum Gasteiger partial charge on any atom is -0.461 e. The minimum atomic E-state index is -0.403. The van der Waals surface area contributed by atoms with E-state index in [1.54, 1.807) is 19.2 Å². The van der Waals surface area contributed by atoms with Crippen LogP contribution in [0.15, 0.2) is 51.9 Å². The molecule has 142 valence electrons. The normalized spacial score (nSPS) is 14.8. The maximum absolute atomic E-state index is 12.2. The van der Waals surface area contributed by atoms with Gasteiger partial charge in [0.25, 0.3) is 5.56 Å². The molecule has 6 nitrogen and oxygen atoms in total. The molecule has 2 aromatic rings. The van der Waals surface area contributed by atoms with Gasteiger partial charge >= 0.3 is 5.97 Å². The second-order valence-electron chi connectivity index (χ2n) is 6.59. The maximum atomic E-state index is 12.2. The van der Waals surface area contributed by atoms with Gasteiger partial charge in [-0.3, -0.25) is 14.4 Å². The summed E-state index contributed by atoms with van der Waals surface area (Å²) in [5.74, 6) is -0.351. The van der Waals surface area contributed by atoms with E-state index in [1.165, 1.54) is 10.6 Å². The lowest BCUT2D eigenvalue weighted by atomic mass is 10.1. The molecule has 1 aromatic heterocycles. The fourth-order valence-electron chi connectivity index (χ4n) is 3.13. The fraction of sp³-hybridized carbons (Fsp3) is 0.350. The standard InChI is InChI=1S/C20H21BrN2O4/c1-14(24)15-2-5-17(6-3-15)22-10-8-18(9-11-22)27-20(26)13-23-12-16(21)4-7-19(23)25/h2-7,12,18H,8-11,13H2,1H3. The van der Waals surface area contributed by atoms with E-state index in [9.17, 15) is 14.4 Å². The van der Waals surface area contributed by atoms with Crippen LogP contribution in [-0.4, -0.2) is 35.5 Å². The Morgan fingerprint density at radius 1 is 1.11 bits per heavy atom. The van der Waals surface area contributed by atoms with Crippen molar-refractivity contribution in [2.75, 3.05) is 18.0 Å². The Kier molecular flexibility index (Phi) is 6.11. The first kappa shape index (κ1) is 19.4. The van der Waals surface area contributed by atoms with Crippen LogP contribution >= 0.6 is 15.9 Å². The third-order valence-corrected chi connectivity index (χ3v) is 5.09. The average molecular weight is 433 g/mol. The van der Waals surface area contributed by atoms with Gasteiger partial charge in [0.2, 0.25) is 0 Å². The Bertz CT molecular complexity index is 884. The topological polar surface area (TPSA) is 68.6 Å². The smallest absolute Gasteiger partial charge is 0.326 e. The second kappa shape index (κ2) is 8.52. The molecule has 0 atom stereocenters. The number of rotatable bonds is 5. The lowest BCUT2D eigenvalue weighted by Gasteiger charge is -2.33. The van der Waals surface area contributed by atoms with Crippen molar-refractivity contribution in [3.05, 3.63) is 63.0 Å². The molecule has 1 aromatic carbocycles. The van der Waals surface area contributed by atoms with Gasteiger partial charge in [-0.25, -0.2) is 0 Å². The van der Waals surface area contributed by atoms with E-state index < -0.39 is 5.97 Å². The highest BCUT2D eigenvalue weighted by Gasteiger charge is 2.23. The van der Waals surface area contributed by atoms with Crippen LogP contribution in [0.5, 0.6) is 0 Å². The number of Topliss-reactive ketones (excluding diaryl/α,β-unsaturated/α-hetero) is 1. The molecule has 27 heavy (non-hydrogen) atoms. The number of carbonyl (C=O) groups excluding carboxylic acids is 2. The number of ketones is 1. The number of halogens is 1. The van der Waals surface area contributed by atoms with Crippen LogP contribution in [0.25, 0.3) is 0 Å². The molecular weight excluding hydrogens is 412 g/mol. The largest absolute Gasteiger partial charge is 0.461 e. The first-order chi connectivity index (χ1) is 12.9. The molecule has 0 amide bonds. The summed E-state index contributed by atoms with van der Waals surface area (Å²) in [7, 11) is 0. The summed E-state index contributed by atoms with van der Waals surface area (Å²) in [6, 6.07) is 10.6. The molecule has 0 saturated carbocycles. The lowest BCUT2D eigenvalue weighted by molar-refractivity contribution is -0.150.